The lowest BCUT2D eigenvalue weighted by Gasteiger charge is -2.29. The number of furan rings is 1. The van der Waals surface area contributed by atoms with Crippen LogP contribution in [0.4, 0.5) is 0 Å². The summed E-state index contributed by atoms with van der Waals surface area (Å²) in [5, 5.41) is 5.61. The highest BCUT2D eigenvalue weighted by Crippen LogP contribution is 2.51. The lowest BCUT2D eigenvalue weighted by Crippen LogP contribution is -2.20. The van der Waals surface area contributed by atoms with Gasteiger partial charge in [-0.25, -0.2) is 9.97 Å². The zero-order chi connectivity index (χ0) is 35.0. The molecule has 0 amide bonds. The third-order valence-electron chi connectivity index (χ3n) is 10.6. The Morgan fingerprint density at radius 2 is 1.40 bits per heavy atom. The smallest absolute Gasteiger partial charge is 0.160 e. The van der Waals surface area contributed by atoms with Crippen molar-refractivity contribution in [1.82, 2.24) is 14.5 Å². The number of benzene rings is 6. The summed E-state index contributed by atoms with van der Waals surface area (Å²) < 4.78 is 9.32. The first kappa shape index (κ1) is 30.3. The highest BCUT2D eigenvalue weighted by molar-refractivity contribution is 6.30. The van der Waals surface area contributed by atoms with Crippen LogP contribution in [0, 0.1) is 0 Å². The zero-order valence-electron chi connectivity index (χ0n) is 29.1. The van der Waals surface area contributed by atoms with Crippen LogP contribution in [0.3, 0.4) is 0 Å². The molecule has 6 aromatic carbocycles. The Bertz CT molecular complexity index is 2960. The number of fused-ring (bicyclic) bond motifs is 11. The van der Waals surface area contributed by atoms with Gasteiger partial charge in [0.05, 0.1) is 22.2 Å². The normalized spacial score (nSPS) is 15.5. The molecule has 10 rings (SSSR count). The fourth-order valence-corrected chi connectivity index (χ4v) is 8.25. The van der Waals surface area contributed by atoms with Crippen molar-refractivity contribution in [2.75, 3.05) is 0 Å². The van der Waals surface area contributed by atoms with E-state index in [1.54, 1.807) is 0 Å². The quantitative estimate of drug-likeness (QED) is 0.188. The lowest BCUT2D eigenvalue weighted by atomic mass is 9.76. The van der Waals surface area contributed by atoms with Gasteiger partial charge in [-0.15, -0.1) is 0 Å². The number of rotatable bonds is 3. The molecule has 0 atom stereocenters. The van der Waals surface area contributed by atoms with E-state index in [2.05, 4.69) is 146 Å². The maximum Gasteiger partial charge on any atom is 0.160 e. The Hall–Kier alpha value is -6.52. The minimum atomic E-state index is -0.266. The maximum atomic E-state index is 6.85. The van der Waals surface area contributed by atoms with Gasteiger partial charge in [0, 0.05) is 49.3 Å². The van der Waals surface area contributed by atoms with Crippen molar-refractivity contribution >= 4 is 60.2 Å². The molecule has 52 heavy (non-hydrogen) atoms. The van der Waals surface area contributed by atoms with Gasteiger partial charge in [0.15, 0.2) is 5.82 Å². The number of nitrogens with zero attached hydrogens (tertiary/aromatic N) is 3. The summed E-state index contributed by atoms with van der Waals surface area (Å²) in [6.07, 6.45) is 9.47. The molecule has 3 heterocycles. The Balaban J connectivity index is 1.39. The van der Waals surface area contributed by atoms with Gasteiger partial charge >= 0.3 is 0 Å². The van der Waals surface area contributed by atoms with Gasteiger partial charge in [-0.2, -0.15) is 0 Å². The number of hydrogen-bond acceptors (Lipinski definition) is 3. The standard InChI is InChI=1S/C48H35N3O/c1-30-17-7-6-16-28-48(2,3)43-40(30)46-42(35-23-13-15-25-39(35)52-46)41-34-22-12-14-24-38(34)51(45(41)43)33-26-27-37-36(29-33)44(31-18-8-4-9-19-31)50-47(49-37)32-20-10-5-11-21-32/h4-27,29H,1,28H2,2-3H3/b16-6-,17-7-. The molecule has 0 fully saturated rings. The molecule has 0 saturated carbocycles. The molecule has 0 saturated heterocycles. The molecule has 248 valence electrons. The topological polar surface area (TPSA) is 43.9 Å². The van der Waals surface area contributed by atoms with Crippen LogP contribution < -0.4 is 0 Å². The van der Waals surface area contributed by atoms with Crippen LogP contribution in [-0.2, 0) is 5.41 Å². The Morgan fingerprint density at radius 3 is 2.21 bits per heavy atom. The Morgan fingerprint density at radius 1 is 0.692 bits per heavy atom. The minimum absolute atomic E-state index is 0.266. The van der Waals surface area contributed by atoms with Crippen molar-refractivity contribution in [2.24, 2.45) is 0 Å². The summed E-state index contributed by atoms with van der Waals surface area (Å²) in [5.74, 6) is 0.713. The summed E-state index contributed by atoms with van der Waals surface area (Å²) in [4.78, 5) is 10.4. The SMILES string of the molecule is C=C1/C=C\C=C/CC(C)(C)c2c1c1oc3ccccc3c1c1c3ccccc3n(-c3ccc4nc(-c5ccccc5)nc(-c5ccccc5)c4c3)c21. The van der Waals surface area contributed by atoms with Crippen molar-refractivity contribution in [3.8, 4) is 28.3 Å². The van der Waals surface area contributed by atoms with E-state index >= 15 is 0 Å². The number of para-hydroxylation sites is 2. The molecule has 1 aliphatic carbocycles. The summed E-state index contributed by atoms with van der Waals surface area (Å²) in [7, 11) is 0. The van der Waals surface area contributed by atoms with Gasteiger partial charge in [-0.05, 0) is 53.3 Å². The van der Waals surface area contributed by atoms with Crippen LogP contribution >= 0.6 is 0 Å². The number of allylic oxidation sites excluding steroid dienone is 5. The van der Waals surface area contributed by atoms with Crippen LogP contribution in [0.5, 0.6) is 0 Å². The van der Waals surface area contributed by atoms with E-state index in [0.29, 0.717) is 5.82 Å². The predicted molar refractivity (Wildman–Crippen MR) is 217 cm³/mol. The molecule has 4 nitrogen and oxygen atoms in total. The highest BCUT2D eigenvalue weighted by Gasteiger charge is 2.34. The first-order valence-corrected chi connectivity index (χ1v) is 17.8. The third-order valence-corrected chi connectivity index (χ3v) is 10.6. The molecule has 0 unspecified atom stereocenters. The fraction of sp³-hybridized carbons (Fsp3) is 0.0833. The molecular weight excluding hydrogens is 635 g/mol. The molecule has 9 aromatic rings. The third kappa shape index (κ3) is 4.54. The fourth-order valence-electron chi connectivity index (χ4n) is 8.25. The minimum Gasteiger partial charge on any atom is -0.455 e. The van der Waals surface area contributed by atoms with Crippen molar-refractivity contribution in [1.29, 1.82) is 0 Å². The number of aromatic nitrogens is 3. The van der Waals surface area contributed by atoms with E-state index in [1.807, 2.05) is 30.3 Å². The van der Waals surface area contributed by atoms with E-state index in [9.17, 15) is 0 Å². The van der Waals surface area contributed by atoms with Crippen molar-refractivity contribution in [3.63, 3.8) is 0 Å². The maximum absolute atomic E-state index is 6.85. The summed E-state index contributed by atoms with van der Waals surface area (Å²) in [6, 6.07) is 44.5. The lowest BCUT2D eigenvalue weighted by molar-refractivity contribution is 0.535. The van der Waals surface area contributed by atoms with E-state index < -0.39 is 0 Å². The van der Waals surface area contributed by atoms with Crippen molar-refractivity contribution in [2.45, 2.75) is 25.7 Å². The second-order valence-electron chi connectivity index (χ2n) is 14.4. The summed E-state index contributed by atoms with van der Waals surface area (Å²) in [5.41, 5.74) is 11.9. The number of hydrogen-bond donors (Lipinski definition) is 0. The van der Waals surface area contributed by atoms with Gasteiger partial charge in [-0.1, -0.05) is 142 Å². The van der Waals surface area contributed by atoms with Gasteiger partial charge < -0.3 is 8.98 Å². The van der Waals surface area contributed by atoms with Crippen LogP contribution in [0.15, 0.2) is 163 Å². The Labute approximate surface area is 301 Å². The van der Waals surface area contributed by atoms with Gasteiger partial charge in [-0.3, -0.25) is 0 Å². The molecule has 4 heteroatoms. The van der Waals surface area contributed by atoms with Crippen LogP contribution in [-0.4, -0.2) is 14.5 Å². The van der Waals surface area contributed by atoms with E-state index in [1.165, 1.54) is 21.9 Å². The molecule has 0 spiro atoms. The van der Waals surface area contributed by atoms with Crippen LogP contribution in [0.25, 0.3) is 88.6 Å². The first-order valence-electron chi connectivity index (χ1n) is 17.8. The summed E-state index contributed by atoms with van der Waals surface area (Å²) >= 11 is 0. The molecular formula is C48H35N3O. The van der Waals surface area contributed by atoms with Crippen molar-refractivity contribution < 1.29 is 4.42 Å². The van der Waals surface area contributed by atoms with Crippen molar-refractivity contribution in [3.05, 3.63) is 169 Å². The van der Waals surface area contributed by atoms with Crippen LogP contribution in [0.1, 0.15) is 31.4 Å². The highest BCUT2D eigenvalue weighted by atomic mass is 16.3. The second kappa shape index (κ2) is 11.5. The molecule has 3 aromatic heterocycles. The monoisotopic (exact) mass is 669 g/mol. The predicted octanol–water partition coefficient (Wildman–Crippen LogP) is 12.8. The van der Waals surface area contributed by atoms with Gasteiger partial charge in [0.2, 0.25) is 0 Å². The molecule has 0 N–H and O–H groups in total. The van der Waals surface area contributed by atoms with Gasteiger partial charge in [0.1, 0.15) is 11.2 Å². The molecule has 0 aliphatic heterocycles. The Kier molecular flexibility index (Phi) is 6.71. The molecule has 0 radical (unpaired) electrons. The van der Waals surface area contributed by atoms with Gasteiger partial charge in [0.25, 0.3) is 0 Å². The first-order chi connectivity index (χ1) is 25.5. The largest absolute Gasteiger partial charge is 0.455 e. The zero-order valence-corrected chi connectivity index (χ0v) is 29.1. The van der Waals surface area contributed by atoms with E-state index in [-0.39, 0.29) is 5.41 Å². The van der Waals surface area contributed by atoms with Crippen LogP contribution in [0.2, 0.25) is 0 Å². The summed E-state index contributed by atoms with van der Waals surface area (Å²) in [6.45, 7) is 9.35. The molecule has 0 bridgehead atoms. The molecule has 1 aliphatic rings. The second-order valence-corrected chi connectivity index (χ2v) is 14.4. The van der Waals surface area contributed by atoms with E-state index in [4.69, 9.17) is 14.4 Å². The average Bonchev–Trinajstić information content (AvgIpc) is 3.74. The van der Waals surface area contributed by atoms with E-state index in [0.717, 1.165) is 78.4 Å². The average molecular weight is 670 g/mol.